The highest BCUT2D eigenvalue weighted by Gasteiger charge is 2.37. The van der Waals surface area contributed by atoms with Crippen LogP contribution in [0.15, 0.2) is 35.5 Å². The smallest absolute Gasteiger partial charge is 0.203 e. The molecule has 12 nitrogen and oxygen atoms in total. The molecule has 0 radical (unpaired) electrons. The number of nitrogens with zero attached hydrogens (tertiary/aromatic N) is 4. The Morgan fingerprint density at radius 1 is 0.810 bits per heavy atom. The van der Waals surface area contributed by atoms with E-state index in [4.69, 9.17) is 24.7 Å². The van der Waals surface area contributed by atoms with Crippen molar-refractivity contribution in [3.05, 3.63) is 46.9 Å². The molecule has 12 heteroatoms. The van der Waals surface area contributed by atoms with Crippen LogP contribution in [0.5, 0.6) is 0 Å². The van der Waals surface area contributed by atoms with E-state index in [1.807, 2.05) is 38.1 Å². The minimum absolute atomic E-state index is 0.126. The van der Waals surface area contributed by atoms with Crippen molar-refractivity contribution < 1.29 is 28.5 Å². The van der Waals surface area contributed by atoms with Crippen molar-refractivity contribution in [1.29, 1.82) is 0 Å². The van der Waals surface area contributed by atoms with Crippen molar-refractivity contribution in [2.24, 2.45) is 11.1 Å². The zero-order valence-corrected chi connectivity index (χ0v) is 25.0. The van der Waals surface area contributed by atoms with E-state index in [2.05, 4.69) is 25.7 Å². The monoisotopic (exact) mass is 584 g/mol. The molecule has 1 aromatic carbocycles. The van der Waals surface area contributed by atoms with Gasteiger partial charge in [0.25, 0.3) is 0 Å². The average Bonchev–Trinajstić information content (AvgIpc) is 2.95. The summed E-state index contributed by atoms with van der Waals surface area (Å²) in [5, 5.41) is 19.4. The topological polar surface area (TPSA) is 161 Å². The maximum absolute atomic E-state index is 13.0. The number of nitrogens with one attached hydrogen (secondary N) is 1. The maximum atomic E-state index is 13.0. The van der Waals surface area contributed by atoms with E-state index in [9.17, 15) is 9.59 Å². The van der Waals surface area contributed by atoms with E-state index < -0.39 is 0 Å². The molecule has 1 aromatic heterocycles. The van der Waals surface area contributed by atoms with E-state index in [0.29, 0.717) is 103 Å². The summed E-state index contributed by atoms with van der Waals surface area (Å²) in [6.07, 6.45) is 1.93. The molecule has 1 saturated carbocycles. The quantitative estimate of drug-likeness (QED) is 0.141. The molecule has 1 aliphatic rings. The summed E-state index contributed by atoms with van der Waals surface area (Å²) < 4.78 is 22.1. The molecule has 3 rings (SSSR count). The van der Waals surface area contributed by atoms with Crippen molar-refractivity contribution in [3.63, 3.8) is 0 Å². The van der Waals surface area contributed by atoms with Gasteiger partial charge < -0.3 is 30.0 Å². The second kappa shape index (κ2) is 17.7. The second-order valence-corrected chi connectivity index (χ2v) is 10.9. The first-order chi connectivity index (χ1) is 20.3. The third-order valence-corrected chi connectivity index (χ3v) is 6.54. The first-order valence-corrected chi connectivity index (χ1v) is 14.5. The van der Waals surface area contributed by atoms with Crippen LogP contribution in [0.2, 0.25) is 0 Å². The summed E-state index contributed by atoms with van der Waals surface area (Å²) in [6, 6.07) is 7.66. The Bertz CT molecular complexity index is 1130. The van der Waals surface area contributed by atoms with Gasteiger partial charge >= 0.3 is 0 Å². The van der Waals surface area contributed by atoms with Gasteiger partial charge in [0.05, 0.1) is 51.8 Å². The van der Waals surface area contributed by atoms with Crippen molar-refractivity contribution >= 4 is 11.6 Å². The molecule has 230 valence electrons. The van der Waals surface area contributed by atoms with E-state index in [0.717, 1.165) is 17.5 Å². The summed E-state index contributed by atoms with van der Waals surface area (Å²) in [4.78, 5) is 26.0. The van der Waals surface area contributed by atoms with Crippen molar-refractivity contribution in [2.45, 2.75) is 53.0 Å². The molecule has 42 heavy (non-hydrogen) atoms. The van der Waals surface area contributed by atoms with Crippen LogP contribution in [0.4, 0.5) is 0 Å². The fourth-order valence-electron chi connectivity index (χ4n) is 4.40. The van der Waals surface area contributed by atoms with Gasteiger partial charge in [0, 0.05) is 43.7 Å². The minimum Gasteiger partial charge on any atom is -0.384 e. The molecule has 3 N–H and O–H groups in total. The highest BCUT2D eigenvalue weighted by molar-refractivity contribution is 6.22. The van der Waals surface area contributed by atoms with Gasteiger partial charge in [-0.2, -0.15) is 0 Å². The van der Waals surface area contributed by atoms with Gasteiger partial charge in [-0.25, -0.2) is 0 Å². The third-order valence-electron chi connectivity index (χ3n) is 6.54. The summed E-state index contributed by atoms with van der Waals surface area (Å²) in [6.45, 7) is 10.5. The highest BCUT2D eigenvalue weighted by Crippen LogP contribution is 2.34. The van der Waals surface area contributed by atoms with Crippen molar-refractivity contribution in [1.82, 2.24) is 25.7 Å². The first kappa shape index (κ1) is 33.3. The van der Waals surface area contributed by atoms with E-state index in [1.165, 1.54) is 0 Å². The molecule has 0 unspecified atom stereocenters. The number of nitrogens with two attached hydrogens (primary N) is 1. The molecule has 0 atom stereocenters. The molecule has 0 aliphatic heterocycles. The Morgan fingerprint density at radius 3 is 1.88 bits per heavy atom. The molecule has 1 aliphatic carbocycles. The van der Waals surface area contributed by atoms with Gasteiger partial charge in [0.15, 0.2) is 17.4 Å². The van der Waals surface area contributed by atoms with Gasteiger partial charge in [-0.05, 0) is 30.9 Å². The number of aryl methyl sites for hydroxylation is 1. The Balaban J connectivity index is 1.46. The molecule has 1 fully saturated rings. The second-order valence-electron chi connectivity index (χ2n) is 10.9. The highest BCUT2D eigenvalue weighted by atomic mass is 16.6. The number of rotatable bonds is 19. The lowest BCUT2D eigenvalue weighted by Gasteiger charge is -2.30. The molecular weight excluding hydrogens is 540 g/mol. The number of allylic oxidation sites excluding steroid dienone is 1. The number of ether oxygens (including phenoxy) is 4. The standard InChI is InChI=1S/C30H44N6O6/c1-22-33-35-29(36-34-22)24-7-5-23(6-8-24)21-32-25(28-26(37)19-30(2,3)20-27(28)38)9-12-40-14-16-42-18-17-41-15-13-39-11-4-10-31/h5-8,32H,4,9-21,31H2,1-3H3. The Morgan fingerprint density at radius 2 is 1.33 bits per heavy atom. The van der Waals surface area contributed by atoms with Gasteiger partial charge in [0.1, 0.15) is 0 Å². The number of hydrogen-bond donors (Lipinski definition) is 2. The lowest BCUT2D eigenvalue weighted by molar-refractivity contribution is -0.127. The third kappa shape index (κ3) is 11.6. The van der Waals surface area contributed by atoms with Crippen molar-refractivity contribution in [3.8, 4) is 11.4 Å². The maximum Gasteiger partial charge on any atom is 0.203 e. The Labute approximate surface area is 247 Å². The van der Waals surface area contributed by atoms with Crippen LogP contribution in [0.3, 0.4) is 0 Å². The lowest BCUT2D eigenvalue weighted by atomic mass is 9.73. The van der Waals surface area contributed by atoms with Crippen molar-refractivity contribution in [2.75, 3.05) is 59.4 Å². The van der Waals surface area contributed by atoms with Gasteiger partial charge in [-0.3, -0.25) is 9.59 Å². The minimum atomic E-state index is -0.338. The molecule has 2 aromatic rings. The molecule has 0 saturated heterocycles. The van der Waals surface area contributed by atoms with Crippen LogP contribution in [-0.4, -0.2) is 91.4 Å². The lowest BCUT2D eigenvalue weighted by Crippen LogP contribution is -2.34. The van der Waals surface area contributed by atoms with Crippen LogP contribution in [0, 0.1) is 12.3 Å². The zero-order chi connectivity index (χ0) is 30.2. The molecule has 0 spiro atoms. The predicted octanol–water partition coefficient (Wildman–Crippen LogP) is 2.35. The number of ketones is 2. The Kier molecular flexibility index (Phi) is 14.1. The van der Waals surface area contributed by atoms with Crippen LogP contribution >= 0.6 is 0 Å². The van der Waals surface area contributed by atoms with Gasteiger partial charge in [-0.1, -0.05) is 38.1 Å². The fourth-order valence-corrected chi connectivity index (χ4v) is 4.40. The molecule has 1 heterocycles. The van der Waals surface area contributed by atoms with Crippen LogP contribution in [0.25, 0.3) is 11.4 Å². The molecule has 0 bridgehead atoms. The SMILES string of the molecule is Cc1nnc(-c2ccc(CNC(CCOCCOCCOCCOCCCN)=C3C(=O)CC(C)(C)CC3=O)cc2)nn1. The van der Waals surface area contributed by atoms with Crippen LogP contribution in [-0.2, 0) is 35.1 Å². The van der Waals surface area contributed by atoms with Gasteiger partial charge in [-0.15, -0.1) is 20.4 Å². The summed E-state index contributed by atoms with van der Waals surface area (Å²) in [7, 11) is 0. The predicted molar refractivity (Wildman–Crippen MR) is 156 cm³/mol. The molecular formula is C30H44N6O6. The van der Waals surface area contributed by atoms with E-state index >= 15 is 0 Å². The zero-order valence-electron chi connectivity index (χ0n) is 25.0. The largest absolute Gasteiger partial charge is 0.384 e. The number of benzene rings is 1. The average molecular weight is 585 g/mol. The van der Waals surface area contributed by atoms with Crippen LogP contribution in [0.1, 0.15) is 50.9 Å². The Hall–Kier alpha value is -3.16. The number of Topliss-reactive ketones (excluding diaryl/α,β-unsaturated/α-hetero) is 2. The summed E-state index contributed by atoms with van der Waals surface area (Å²) in [5.41, 5.74) is 7.73. The van der Waals surface area contributed by atoms with E-state index in [-0.39, 0.29) is 22.6 Å². The van der Waals surface area contributed by atoms with E-state index in [1.54, 1.807) is 6.92 Å². The van der Waals surface area contributed by atoms with Gasteiger partial charge in [0.2, 0.25) is 5.82 Å². The number of carbonyl (C=O) groups excluding carboxylic acids is 2. The first-order valence-electron chi connectivity index (χ1n) is 14.5. The normalized spacial score (nSPS) is 14.8. The number of aromatic nitrogens is 4. The molecule has 0 amide bonds. The summed E-state index contributed by atoms with van der Waals surface area (Å²) in [5.74, 6) is 0.701. The number of hydrogen-bond acceptors (Lipinski definition) is 12. The van der Waals surface area contributed by atoms with Crippen LogP contribution < -0.4 is 11.1 Å². The fraction of sp³-hybridized carbons (Fsp3) is 0.600. The number of carbonyl (C=O) groups is 2. The summed E-state index contributed by atoms with van der Waals surface area (Å²) >= 11 is 0.